The van der Waals surface area contributed by atoms with Crippen LogP contribution in [0.25, 0.3) is 93.9 Å². The molecular formula is C64H44N2. The standard InChI is InChI=1S/C64H44N2/c1-4-15-45(16-5-1)48-27-29-49(30-28-48)50-33-37-57(38-34-50)65(58-39-35-51(36-40-58)53-32-31-47-19-10-11-20-52(47)41-53)59-24-14-21-54(42-59)61-43-55(46-17-6-2-7-18-46)44-63-64(61)60-25-12-13-26-62(60)66(63)56-22-8-3-9-23-56/h1-44H. The zero-order chi connectivity index (χ0) is 43.8. The first-order valence-corrected chi connectivity index (χ1v) is 22.7. The molecule has 2 heteroatoms. The van der Waals surface area contributed by atoms with E-state index in [-0.39, 0.29) is 0 Å². The Morgan fingerprint density at radius 2 is 0.742 bits per heavy atom. The highest BCUT2D eigenvalue weighted by Crippen LogP contribution is 2.44. The van der Waals surface area contributed by atoms with Crippen molar-refractivity contribution in [2.24, 2.45) is 0 Å². The van der Waals surface area contributed by atoms with E-state index in [0.717, 1.165) is 28.3 Å². The van der Waals surface area contributed by atoms with Crippen LogP contribution in [0, 0.1) is 0 Å². The number of anilines is 3. The molecule has 12 aromatic rings. The van der Waals surface area contributed by atoms with Gasteiger partial charge in [-0.2, -0.15) is 0 Å². The van der Waals surface area contributed by atoms with Gasteiger partial charge in [-0.15, -0.1) is 0 Å². The normalized spacial score (nSPS) is 11.3. The summed E-state index contributed by atoms with van der Waals surface area (Å²) in [5.74, 6) is 0. The van der Waals surface area contributed by atoms with E-state index in [0.29, 0.717) is 0 Å². The molecule has 0 spiro atoms. The molecule has 0 atom stereocenters. The maximum absolute atomic E-state index is 2.42. The number of nitrogens with zero attached hydrogens (tertiary/aromatic N) is 2. The molecule has 0 amide bonds. The average Bonchev–Trinajstić information content (AvgIpc) is 3.74. The van der Waals surface area contributed by atoms with Crippen molar-refractivity contribution in [2.45, 2.75) is 0 Å². The van der Waals surface area contributed by atoms with Crippen LogP contribution in [0.1, 0.15) is 0 Å². The molecule has 1 aromatic heterocycles. The summed E-state index contributed by atoms with van der Waals surface area (Å²) in [5.41, 5.74) is 18.6. The maximum atomic E-state index is 2.42. The number of para-hydroxylation sites is 2. The van der Waals surface area contributed by atoms with Crippen molar-refractivity contribution in [2.75, 3.05) is 4.90 Å². The summed E-state index contributed by atoms with van der Waals surface area (Å²) in [7, 11) is 0. The van der Waals surface area contributed by atoms with Gasteiger partial charge in [-0.3, -0.25) is 0 Å². The number of benzene rings is 11. The number of aromatic nitrogens is 1. The van der Waals surface area contributed by atoms with Gasteiger partial charge in [0.15, 0.2) is 0 Å². The lowest BCUT2D eigenvalue weighted by Gasteiger charge is -2.26. The van der Waals surface area contributed by atoms with Gasteiger partial charge in [0.2, 0.25) is 0 Å². The fourth-order valence-electron chi connectivity index (χ4n) is 9.70. The summed E-state index contributed by atoms with van der Waals surface area (Å²) in [4.78, 5) is 2.39. The maximum Gasteiger partial charge on any atom is 0.0553 e. The first kappa shape index (κ1) is 38.9. The molecule has 310 valence electrons. The van der Waals surface area contributed by atoms with E-state index in [9.17, 15) is 0 Å². The molecule has 0 bridgehead atoms. The van der Waals surface area contributed by atoms with Crippen LogP contribution in [0.2, 0.25) is 0 Å². The highest BCUT2D eigenvalue weighted by Gasteiger charge is 2.20. The molecule has 0 radical (unpaired) electrons. The smallest absolute Gasteiger partial charge is 0.0553 e. The minimum absolute atomic E-state index is 1.08. The molecule has 2 nitrogen and oxygen atoms in total. The van der Waals surface area contributed by atoms with Crippen molar-refractivity contribution >= 4 is 49.6 Å². The van der Waals surface area contributed by atoms with Gasteiger partial charge < -0.3 is 9.47 Å². The Morgan fingerprint density at radius 1 is 0.258 bits per heavy atom. The second kappa shape index (κ2) is 16.8. The van der Waals surface area contributed by atoms with Gasteiger partial charge in [-0.1, -0.05) is 194 Å². The highest BCUT2D eigenvalue weighted by molar-refractivity contribution is 6.17. The van der Waals surface area contributed by atoms with E-state index in [1.54, 1.807) is 0 Å². The van der Waals surface area contributed by atoms with Crippen LogP contribution in [-0.2, 0) is 0 Å². The van der Waals surface area contributed by atoms with Crippen molar-refractivity contribution in [1.82, 2.24) is 4.57 Å². The third-order valence-corrected chi connectivity index (χ3v) is 13.0. The van der Waals surface area contributed by atoms with Crippen LogP contribution in [-0.4, -0.2) is 4.57 Å². The number of hydrogen-bond donors (Lipinski definition) is 0. The predicted molar refractivity (Wildman–Crippen MR) is 280 cm³/mol. The molecule has 0 N–H and O–H groups in total. The molecule has 11 aromatic carbocycles. The molecule has 0 saturated heterocycles. The first-order chi connectivity index (χ1) is 32.7. The molecule has 12 rings (SSSR count). The van der Waals surface area contributed by atoms with Crippen LogP contribution < -0.4 is 4.90 Å². The molecule has 0 aliphatic carbocycles. The fraction of sp³-hybridized carbons (Fsp3) is 0. The molecule has 1 heterocycles. The molecule has 0 aliphatic heterocycles. The van der Waals surface area contributed by atoms with Crippen molar-refractivity contribution in [3.8, 4) is 61.3 Å². The highest BCUT2D eigenvalue weighted by atomic mass is 15.1. The van der Waals surface area contributed by atoms with Gasteiger partial charge in [0, 0.05) is 33.5 Å². The van der Waals surface area contributed by atoms with Gasteiger partial charge in [0.1, 0.15) is 0 Å². The Kier molecular flexibility index (Phi) is 9.89. The van der Waals surface area contributed by atoms with Gasteiger partial charge >= 0.3 is 0 Å². The lowest BCUT2D eigenvalue weighted by Crippen LogP contribution is -2.10. The lowest BCUT2D eigenvalue weighted by atomic mass is 9.94. The summed E-state index contributed by atoms with van der Waals surface area (Å²) in [6.07, 6.45) is 0. The van der Waals surface area contributed by atoms with Gasteiger partial charge in [-0.25, -0.2) is 0 Å². The Morgan fingerprint density at radius 3 is 1.39 bits per heavy atom. The van der Waals surface area contributed by atoms with E-state index in [4.69, 9.17) is 0 Å². The Bertz CT molecular complexity index is 3650. The van der Waals surface area contributed by atoms with Crippen molar-refractivity contribution < 1.29 is 0 Å². The fourth-order valence-corrected chi connectivity index (χ4v) is 9.70. The number of rotatable bonds is 9. The zero-order valence-electron chi connectivity index (χ0n) is 36.3. The number of fused-ring (bicyclic) bond motifs is 4. The molecule has 0 aliphatic rings. The van der Waals surface area contributed by atoms with E-state index in [1.165, 1.54) is 82.6 Å². The second-order valence-corrected chi connectivity index (χ2v) is 17.0. The molecule has 66 heavy (non-hydrogen) atoms. The van der Waals surface area contributed by atoms with Gasteiger partial charge in [0.05, 0.1) is 11.0 Å². The van der Waals surface area contributed by atoms with Crippen LogP contribution in [0.5, 0.6) is 0 Å². The third kappa shape index (κ3) is 7.21. The minimum Gasteiger partial charge on any atom is -0.310 e. The van der Waals surface area contributed by atoms with Crippen LogP contribution in [0.3, 0.4) is 0 Å². The Hall–Kier alpha value is -8.72. The summed E-state index contributed by atoms with van der Waals surface area (Å²) >= 11 is 0. The number of hydrogen-bond acceptors (Lipinski definition) is 1. The van der Waals surface area contributed by atoms with Crippen LogP contribution >= 0.6 is 0 Å². The third-order valence-electron chi connectivity index (χ3n) is 13.0. The Labute approximate surface area is 385 Å². The van der Waals surface area contributed by atoms with Gasteiger partial charge in [-0.05, 0) is 139 Å². The second-order valence-electron chi connectivity index (χ2n) is 17.0. The SMILES string of the molecule is c1ccc(-c2ccc(-c3ccc(N(c4ccc(-c5ccc6ccccc6c5)cc4)c4cccc(-c5cc(-c6ccccc6)cc6c5c5ccccc5n6-c5ccccc5)c4)cc3)cc2)cc1. The van der Waals surface area contributed by atoms with Crippen molar-refractivity contribution in [1.29, 1.82) is 0 Å². The lowest BCUT2D eigenvalue weighted by molar-refractivity contribution is 1.18. The van der Waals surface area contributed by atoms with Crippen molar-refractivity contribution in [3.63, 3.8) is 0 Å². The summed E-state index contributed by atoms with van der Waals surface area (Å²) in [6, 6.07) is 96.9. The van der Waals surface area contributed by atoms with Crippen LogP contribution in [0.4, 0.5) is 17.1 Å². The monoisotopic (exact) mass is 840 g/mol. The molecule has 0 saturated carbocycles. The molecule has 0 fully saturated rings. The quantitative estimate of drug-likeness (QED) is 0.141. The van der Waals surface area contributed by atoms with E-state index in [2.05, 4.69) is 276 Å². The average molecular weight is 841 g/mol. The van der Waals surface area contributed by atoms with E-state index < -0.39 is 0 Å². The first-order valence-electron chi connectivity index (χ1n) is 22.7. The van der Waals surface area contributed by atoms with Crippen molar-refractivity contribution in [3.05, 3.63) is 267 Å². The summed E-state index contributed by atoms with van der Waals surface area (Å²) in [5, 5.41) is 4.95. The summed E-state index contributed by atoms with van der Waals surface area (Å²) in [6.45, 7) is 0. The Balaban J connectivity index is 1.00. The van der Waals surface area contributed by atoms with E-state index >= 15 is 0 Å². The zero-order valence-corrected chi connectivity index (χ0v) is 36.3. The summed E-state index contributed by atoms with van der Waals surface area (Å²) < 4.78 is 2.42. The van der Waals surface area contributed by atoms with Gasteiger partial charge in [0.25, 0.3) is 0 Å². The topological polar surface area (TPSA) is 8.17 Å². The predicted octanol–water partition coefficient (Wildman–Crippen LogP) is 17.7. The molecular weight excluding hydrogens is 797 g/mol. The minimum atomic E-state index is 1.08. The van der Waals surface area contributed by atoms with E-state index in [1.807, 2.05) is 0 Å². The largest absolute Gasteiger partial charge is 0.310 e. The van der Waals surface area contributed by atoms with Crippen LogP contribution in [0.15, 0.2) is 267 Å². The molecule has 0 unspecified atom stereocenters.